The summed E-state index contributed by atoms with van der Waals surface area (Å²) in [5, 5.41) is 0.585. The van der Waals surface area contributed by atoms with Crippen LogP contribution in [0.5, 0.6) is 5.75 Å². The van der Waals surface area contributed by atoms with Gasteiger partial charge in [-0.15, -0.1) is 11.8 Å². The highest BCUT2D eigenvalue weighted by atomic mass is 32.2. The van der Waals surface area contributed by atoms with Gasteiger partial charge in [-0.25, -0.2) is 0 Å². The van der Waals surface area contributed by atoms with Crippen LogP contribution in [0.15, 0.2) is 24.3 Å². The molecule has 1 aromatic carbocycles. The maximum atomic E-state index is 5.22. The molecule has 0 spiro atoms. The molecule has 0 radical (unpaired) electrons. The molecule has 0 amide bonds. The van der Waals surface area contributed by atoms with Crippen LogP contribution >= 0.6 is 11.8 Å². The van der Waals surface area contributed by atoms with Crippen molar-refractivity contribution in [2.45, 2.75) is 12.3 Å². The van der Waals surface area contributed by atoms with Gasteiger partial charge in [0.2, 0.25) is 0 Å². The van der Waals surface area contributed by atoms with Gasteiger partial charge in [-0.3, -0.25) is 0 Å². The quantitative estimate of drug-likeness (QED) is 0.743. The van der Waals surface area contributed by atoms with Gasteiger partial charge in [0, 0.05) is 24.1 Å². The number of rotatable bonds is 2. The zero-order valence-electron chi connectivity index (χ0n) is 8.56. The number of ether oxygens (including phenoxy) is 1. The second kappa shape index (κ2) is 4.13. The van der Waals surface area contributed by atoms with Crippen molar-refractivity contribution in [2.24, 2.45) is 0 Å². The molecule has 1 aromatic rings. The average Bonchev–Trinajstić information content (AvgIpc) is 2.65. The van der Waals surface area contributed by atoms with Gasteiger partial charge in [-0.2, -0.15) is 0 Å². The van der Waals surface area contributed by atoms with Gasteiger partial charge in [-0.1, -0.05) is 6.07 Å². The minimum absolute atomic E-state index is 0.585. The van der Waals surface area contributed by atoms with Crippen LogP contribution in [0, 0.1) is 0 Å². The lowest BCUT2D eigenvalue weighted by Crippen LogP contribution is -2.25. The molecule has 1 aliphatic heterocycles. The highest BCUT2D eigenvalue weighted by Gasteiger charge is 2.20. The van der Waals surface area contributed by atoms with Crippen LogP contribution in [0.2, 0.25) is 0 Å². The molecule has 2 rings (SSSR count). The molecule has 1 unspecified atom stereocenters. The summed E-state index contributed by atoms with van der Waals surface area (Å²) in [5.41, 5.74) is 1.27. The molecular formula is C11H15NOS. The first-order valence-electron chi connectivity index (χ1n) is 4.83. The van der Waals surface area contributed by atoms with Crippen LogP contribution in [0.1, 0.15) is 6.92 Å². The van der Waals surface area contributed by atoms with E-state index in [-0.39, 0.29) is 0 Å². The van der Waals surface area contributed by atoms with E-state index in [1.807, 2.05) is 23.9 Å². The SMILES string of the molecule is COc1cccc(N2CCSC2C)c1. The fraction of sp³-hybridized carbons (Fsp3) is 0.455. The van der Waals surface area contributed by atoms with Crippen molar-refractivity contribution in [3.8, 4) is 5.75 Å². The van der Waals surface area contributed by atoms with E-state index in [2.05, 4.69) is 24.0 Å². The van der Waals surface area contributed by atoms with Crippen molar-refractivity contribution in [2.75, 3.05) is 24.3 Å². The fourth-order valence-corrected chi connectivity index (χ4v) is 2.77. The van der Waals surface area contributed by atoms with Crippen LogP contribution in [-0.2, 0) is 0 Å². The molecule has 1 atom stereocenters. The third-order valence-corrected chi connectivity index (χ3v) is 3.67. The molecule has 0 saturated carbocycles. The van der Waals surface area contributed by atoms with Crippen LogP contribution in [-0.4, -0.2) is 24.8 Å². The maximum absolute atomic E-state index is 5.22. The van der Waals surface area contributed by atoms with E-state index in [0.717, 1.165) is 12.3 Å². The molecule has 2 nitrogen and oxygen atoms in total. The Morgan fingerprint density at radius 3 is 3.00 bits per heavy atom. The number of hydrogen-bond donors (Lipinski definition) is 0. The highest BCUT2D eigenvalue weighted by Crippen LogP contribution is 2.30. The summed E-state index contributed by atoms with van der Waals surface area (Å²) in [4.78, 5) is 2.41. The molecule has 1 saturated heterocycles. The number of methoxy groups -OCH3 is 1. The molecule has 1 fully saturated rings. The van der Waals surface area contributed by atoms with Crippen LogP contribution in [0.4, 0.5) is 5.69 Å². The third-order valence-electron chi connectivity index (χ3n) is 2.52. The second-order valence-electron chi connectivity index (χ2n) is 3.36. The smallest absolute Gasteiger partial charge is 0.120 e. The summed E-state index contributed by atoms with van der Waals surface area (Å²) in [5.74, 6) is 2.16. The molecule has 1 aliphatic rings. The van der Waals surface area contributed by atoms with E-state index < -0.39 is 0 Å². The van der Waals surface area contributed by atoms with E-state index >= 15 is 0 Å². The molecule has 0 N–H and O–H groups in total. The monoisotopic (exact) mass is 209 g/mol. The van der Waals surface area contributed by atoms with Crippen molar-refractivity contribution in [1.82, 2.24) is 0 Å². The number of hydrogen-bond acceptors (Lipinski definition) is 3. The number of anilines is 1. The summed E-state index contributed by atoms with van der Waals surface area (Å²) in [6, 6.07) is 8.27. The predicted octanol–water partition coefficient (Wildman–Crippen LogP) is 2.59. The lowest BCUT2D eigenvalue weighted by Gasteiger charge is -2.22. The molecule has 0 bridgehead atoms. The molecule has 1 heterocycles. The molecule has 76 valence electrons. The zero-order valence-corrected chi connectivity index (χ0v) is 9.38. The average molecular weight is 209 g/mol. The Bertz CT molecular complexity index is 316. The molecule has 0 aromatic heterocycles. The Hall–Kier alpha value is -0.830. The van der Waals surface area contributed by atoms with Crippen molar-refractivity contribution >= 4 is 17.4 Å². The Morgan fingerprint density at radius 1 is 1.50 bits per heavy atom. The zero-order chi connectivity index (χ0) is 9.97. The van der Waals surface area contributed by atoms with Gasteiger partial charge in [0.05, 0.1) is 12.5 Å². The van der Waals surface area contributed by atoms with E-state index in [0.29, 0.717) is 5.37 Å². The minimum Gasteiger partial charge on any atom is -0.497 e. The Balaban J connectivity index is 2.22. The molecule has 0 aliphatic carbocycles. The lowest BCUT2D eigenvalue weighted by molar-refractivity contribution is 0.415. The minimum atomic E-state index is 0.585. The second-order valence-corrected chi connectivity index (χ2v) is 4.79. The number of nitrogens with zero attached hydrogens (tertiary/aromatic N) is 1. The van der Waals surface area contributed by atoms with Crippen LogP contribution < -0.4 is 9.64 Å². The van der Waals surface area contributed by atoms with Crippen molar-refractivity contribution in [3.05, 3.63) is 24.3 Å². The van der Waals surface area contributed by atoms with Crippen molar-refractivity contribution in [3.63, 3.8) is 0 Å². The normalized spacial score (nSPS) is 21.3. The number of benzene rings is 1. The third kappa shape index (κ3) is 1.82. The topological polar surface area (TPSA) is 12.5 Å². The Morgan fingerprint density at radius 2 is 2.36 bits per heavy atom. The lowest BCUT2D eigenvalue weighted by atomic mass is 10.2. The summed E-state index contributed by atoms with van der Waals surface area (Å²) in [6.07, 6.45) is 0. The number of thioether (sulfide) groups is 1. The first-order valence-corrected chi connectivity index (χ1v) is 5.88. The predicted molar refractivity (Wildman–Crippen MR) is 62.3 cm³/mol. The summed E-state index contributed by atoms with van der Waals surface area (Å²) < 4.78 is 5.22. The highest BCUT2D eigenvalue weighted by molar-refractivity contribution is 8.00. The first kappa shape index (κ1) is 9.71. The Kier molecular flexibility index (Phi) is 2.87. The van der Waals surface area contributed by atoms with Crippen LogP contribution in [0.3, 0.4) is 0 Å². The van der Waals surface area contributed by atoms with Crippen LogP contribution in [0.25, 0.3) is 0 Å². The summed E-state index contributed by atoms with van der Waals surface area (Å²) in [7, 11) is 1.71. The van der Waals surface area contributed by atoms with Gasteiger partial charge in [0.15, 0.2) is 0 Å². The summed E-state index contributed by atoms with van der Waals surface area (Å²) >= 11 is 2.00. The molecule has 3 heteroatoms. The van der Waals surface area contributed by atoms with Gasteiger partial charge < -0.3 is 9.64 Å². The molecule has 14 heavy (non-hydrogen) atoms. The van der Waals surface area contributed by atoms with E-state index in [1.54, 1.807) is 7.11 Å². The van der Waals surface area contributed by atoms with Gasteiger partial charge in [-0.05, 0) is 19.1 Å². The summed E-state index contributed by atoms with van der Waals surface area (Å²) in [6.45, 7) is 3.39. The van der Waals surface area contributed by atoms with Gasteiger partial charge >= 0.3 is 0 Å². The van der Waals surface area contributed by atoms with Gasteiger partial charge in [0.1, 0.15) is 5.75 Å². The van der Waals surface area contributed by atoms with Gasteiger partial charge in [0.25, 0.3) is 0 Å². The first-order chi connectivity index (χ1) is 6.81. The van der Waals surface area contributed by atoms with Crippen molar-refractivity contribution in [1.29, 1.82) is 0 Å². The van der Waals surface area contributed by atoms with E-state index in [9.17, 15) is 0 Å². The van der Waals surface area contributed by atoms with E-state index in [4.69, 9.17) is 4.74 Å². The van der Waals surface area contributed by atoms with E-state index in [1.165, 1.54) is 11.4 Å². The largest absolute Gasteiger partial charge is 0.497 e. The Labute approximate surface area is 89.2 Å². The fourth-order valence-electron chi connectivity index (χ4n) is 1.72. The maximum Gasteiger partial charge on any atom is 0.120 e. The standard InChI is InChI=1S/C11H15NOS/c1-9-12(6-7-14-9)10-4-3-5-11(8-10)13-2/h3-5,8-9H,6-7H2,1-2H3. The van der Waals surface area contributed by atoms with Crippen molar-refractivity contribution < 1.29 is 4.74 Å². The molecular weight excluding hydrogens is 194 g/mol.